The molecule has 26 heavy (non-hydrogen) atoms. The average molecular weight is 374 g/mol. The first-order valence-electron chi connectivity index (χ1n) is 9.08. The maximum absolute atomic E-state index is 5.91. The fourth-order valence-electron chi connectivity index (χ4n) is 3.13. The Morgan fingerprint density at radius 1 is 1.38 bits per heavy atom. The molecule has 0 saturated heterocycles. The molecule has 140 valence electrons. The number of ether oxygens (including phenoxy) is 1. The summed E-state index contributed by atoms with van der Waals surface area (Å²) in [5.41, 5.74) is 2.16. The fraction of sp³-hybridized carbons (Fsp3) is 0.526. The van der Waals surface area contributed by atoms with Gasteiger partial charge in [0.1, 0.15) is 6.10 Å². The number of hydrogen-bond acceptors (Lipinski definition) is 5. The molecule has 2 aromatic rings. The third-order valence-corrected chi connectivity index (χ3v) is 5.30. The van der Waals surface area contributed by atoms with E-state index in [-0.39, 0.29) is 0 Å². The molecule has 0 spiro atoms. The Hall–Kier alpha value is -2.15. The highest BCUT2D eigenvalue weighted by molar-refractivity contribution is 7.09. The second-order valence-corrected chi connectivity index (χ2v) is 7.71. The van der Waals surface area contributed by atoms with Gasteiger partial charge in [-0.3, -0.25) is 4.99 Å². The number of aliphatic imine (C=N–C) groups is 1. The smallest absolute Gasteiger partial charge is 0.213 e. The molecule has 0 aliphatic heterocycles. The van der Waals surface area contributed by atoms with Gasteiger partial charge >= 0.3 is 0 Å². The minimum Gasteiger partial charge on any atom is -0.474 e. The van der Waals surface area contributed by atoms with E-state index in [1.807, 2.05) is 26.2 Å². The van der Waals surface area contributed by atoms with E-state index < -0.39 is 0 Å². The van der Waals surface area contributed by atoms with E-state index in [0.717, 1.165) is 47.5 Å². The van der Waals surface area contributed by atoms with Crippen molar-refractivity contribution >= 4 is 17.3 Å². The highest BCUT2D eigenvalue weighted by atomic mass is 32.1. The number of nitrogens with one attached hydrogen (secondary N) is 1. The molecule has 0 radical (unpaired) electrons. The first kappa shape index (κ1) is 18.6. The molecule has 2 heterocycles. The Morgan fingerprint density at radius 2 is 2.19 bits per heavy atom. The van der Waals surface area contributed by atoms with Crippen molar-refractivity contribution in [1.29, 1.82) is 0 Å². The van der Waals surface area contributed by atoms with E-state index in [9.17, 15) is 0 Å². The van der Waals surface area contributed by atoms with Crippen LogP contribution in [-0.4, -0.2) is 41.0 Å². The van der Waals surface area contributed by atoms with Crippen LogP contribution < -0.4 is 10.1 Å². The van der Waals surface area contributed by atoms with Gasteiger partial charge in [0.2, 0.25) is 5.88 Å². The van der Waals surface area contributed by atoms with Gasteiger partial charge < -0.3 is 15.0 Å². The molecule has 0 atom stereocenters. The van der Waals surface area contributed by atoms with Gasteiger partial charge in [-0.15, -0.1) is 11.3 Å². The van der Waals surface area contributed by atoms with Gasteiger partial charge in [0.15, 0.2) is 5.96 Å². The zero-order chi connectivity index (χ0) is 18.4. The highest BCUT2D eigenvalue weighted by Gasteiger charge is 2.16. The largest absolute Gasteiger partial charge is 0.474 e. The molecular weight excluding hydrogens is 346 g/mol. The maximum atomic E-state index is 5.91. The van der Waals surface area contributed by atoms with Crippen molar-refractivity contribution in [2.75, 3.05) is 14.1 Å². The number of aryl methyl sites for hydroxylation is 1. The van der Waals surface area contributed by atoms with Crippen LogP contribution in [-0.2, 0) is 13.1 Å². The number of hydrogen-bond donors (Lipinski definition) is 1. The lowest BCUT2D eigenvalue weighted by atomic mass is 10.3. The maximum Gasteiger partial charge on any atom is 0.213 e. The van der Waals surface area contributed by atoms with Gasteiger partial charge in [-0.05, 0) is 38.2 Å². The fourth-order valence-corrected chi connectivity index (χ4v) is 3.73. The van der Waals surface area contributed by atoms with E-state index in [1.165, 1.54) is 12.8 Å². The van der Waals surface area contributed by atoms with Crippen molar-refractivity contribution in [2.24, 2.45) is 4.99 Å². The van der Waals surface area contributed by atoms with Crippen LogP contribution in [0.3, 0.4) is 0 Å². The molecule has 0 aromatic carbocycles. The van der Waals surface area contributed by atoms with Crippen LogP contribution in [0.4, 0.5) is 0 Å². The van der Waals surface area contributed by atoms with Crippen LogP contribution in [0.5, 0.6) is 5.88 Å². The van der Waals surface area contributed by atoms with Crippen molar-refractivity contribution < 1.29 is 4.74 Å². The standard InChI is InChI=1S/C19H27N5OS/c1-14-23-16(13-26-14)12-24(3)19(20-2)22-11-15-8-9-18(21-10-15)25-17-6-4-5-7-17/h8-10,13,17H,4-7,11-12H2,1-3H3,(H,20,22). The lowest BCUT2D eigenvalue weighted by molar-refractivity contribution is 0.201. The van der Waals surface area contributed by atoms with Gasteiger partial charge in [0.05, 0.1) is 17.2 Å². The van der Waals surface area contributed by atoms with Crippen molar-refractivity contribution in [3.63, 3.8) is 0 Å². The van der Waals surface area contributed by atoms with Crippen LogP contribution in [0.2, 0.25) is 0 Å². The Labute approximate surface area is 159 Å². The van der Waals surface area contributed by atoms with E-state index in [1.54, 1.807) is 18.4 Å². The number of nitrogens with zero attached hydrogens (tertiary/aromatic N) is 4. The first-order valence-corrected chi connectivity index (χ1v) is 9.96. The van der Waals surface area contributed by atoms with Crippen LogP contribution in [0, 0.1) is 6.92 Å². The molecule has 1 aliphatic carbocycles. The van der Waals surface area contributed by atoms with Crippen molar-refractivity contribution in [3.05, 3.63) is 40.0 Å². The van der Waals surface area contributed by atoms with Gasteiger partial charge in [0, 0.05) is 38.3 Å². The Bertz CT molecular complexity index is 722. The molecule has 7 heteroatoms. The number of thiazole rings is 1. The Morgan fingerprint density at radius 3 is 2.81 bits per heavy atom. The van der Waals surface area contributed by atoms with E-state index in [4.69, 9.17) is 4.74 Å². The van der Waals surface area contributed by atoms with Gasteiger partial charge in [-0.25, -0.2) is 9.97 Å². The summed E-state index contributed by atoms with van der Waals surface area (Å²) in [4.78, 5) is 15.4. The summed E-state index contributed by atoms with van der Waals surface area (Å²) in [6, 6.07) is 4.02. The highest BCUT2D eigenvalue weighted by Crippen LogP contribution is 2.22. The molecule has 1 fully saturated rings. The normalized spacial score (nSPS) is 15.3. The SMILES string of the molecule is CN=C(NCc1ccc(OC2CCCC2)nc1)N(C)Cc1csc(C)n1. The van der Waals surface area contributed by atoms with Crippen LogP contribution in [0.1, 0.15) is 41.9 Å². The van der Waals surface area contributed by atoms with Crippen LogP contribution >= 0.6 is 11.3 Å². The number of pyridine rings is 1. The zero-order valence-electron chi connectivity index (χ0n) is 15.7. The molecule has 2 aromatic heterocycles. The Kier molecular flexibility index (Phi) is 6.44. The summed E-state index contributed by atoms with van der Waals surface area (Å²) in [5.74, 6) is 1.56. The van der Waals surface area contributed by atoms with Crippen molar-refractivity contribution in [1.82, 2.24) is 20.2 Å². The third-order valence-electron chi connectivity index (χ3n) is 4.48. The van der Waals surface area contributed by atoms with Gasteiger partial charge in [0.25, 0.3) is 0 Å². The van der Waals surface area contributed by atoms with Crippen molar-refractivity contribution in [3.8, 4) is 5.88 Å². The van der Waals surface area contributed by atoms with Crippen LogP contribution in [0.25, 0.3) is 0 Å². The lowest BCUT2D eigenvalue weighted by Crippen LogP contribution is -2.38. The lowest BCUT2D eigenvalue weighted by Gasteiger charge is -2.21. The monoisotopic (exact) mass is 373 g/mol. The topological polar surface area (TPSA) is 62.6 Å². The summed E-state index contributed by atoms with van der Waals surface area (Å²) in [6.45, 7) is 3.43. The van der Waals surface area contributed by atoms with E-state index in [2.05, 4.69) is 36.6 Å². The second-order valence-electron chi connectivity index (χ2n) is 6.64. The predicted octanol–water partition coefficient (Wildman–Crippen LogP) is 3.38. The summed E-state index contributed by atoms with van der Waals surface area (Å²) >= 11 is 1.67. The predicted molar refractivity (Wildman–Crippen MR) is 106 cm³/mol. The molecule has 6 nitrogen and oxygen atoms in total. The first-order chi connectivity index (χ1) is 12.6. The second kappa shape index (κ2) is 8.98. The Balaban J connectivity index is 1.49. The minimum absolute atomic E-state index is 0.341. The molecule has 1 N–H and O–H groups in total. The number of aromatic nitrogens is 2. The molecule has 3 rings (SSSR count). The average Bonchev–Trinajstić information content (AvgIpc) is 3.29. The quantitative estimate of drug-likeness (QED) is 0.621. The molecule has 0 unspecified atom stereocenters. The third kappa shape index (κ3) is 5.17. The molecule has 1 saturated carbocycles. The van der Waals surface area contributed by atoms with Gasteiger partial charge in [-0.1, -0.05) is 6.07 Å². The number of guanidine groups is 1. The minimum atomic E-state index is 0.341. The van der Waals surface area contributed by atoms with Crippen LogP contribution in [0.15, 0.2) is 28.7 Å². The van der Waals surface area contributed by atoms with E-state index in [0.29, 0.717) is 12.6 Å². The van der Waals surface area contributed by atoms with E-state index >= 15 is 0 Å². The van der Waals surface area contributed by atoms with Crippen molar-refractivity contribution in [2.45, 2.75) is 51.8 Å². The summed E-state index contributed by atoms with van der Waals surface area (Å²) in [7, 11) is 3.81. The van der Waals surface area contributed by atoms with Gasteiger partial charge in [-0.2, -0.15) is 0 Å². The zero-order valence-corrected chi connectivity index (χ0v) is 16.6. The molecule has 0 bridgehead atoms. The number of rotatable bonds is 6. The molecule has 0 amide bonds. The molecular formula is C19H27N5OS. The summed E-state index contributed by atoms with van der Waals surface area (Å²) in [6.07, 6.45) is 7.03. The summed E-state index contributed by atoms with van der Waals surface area (Å²) in [5, 5.41) is 6.55. The summed E-state index contributed by atoms with van der Waals surface area (Å²) < 4.78 is 5.91. The molecule has 1 aliphatic rings.